The van der Waals surface area contributed by atoms with Crippen LogP contribution in [0.5, 0.6) is 0 Å². The second-order valence-corrected chi connectivity index (χ2v) is 4.06. The molecule has 4 N–H and O–H groups in total. The van der Waals surface area contributed by atoms with Gasteiger partial charge in [0.15, 0.2) is 0 Å². The van der Waals surface area contributed by atoms with E-state index in [1.165, 1.54) is 16.7 Å². The van der Waals surface area contributed by atoms with Gasteiger partial charge in [0.05, 0.1) is 0 Å². The molecule has 0 aliphatic rings. The van der Waals surface area contributed by atoms with E-state index in [2.05, 4.69) is 32.0 Å². The Morgan fingerprint density at radius 1 is 1.40 bits per heavy atom. The topological polar surface area (TPSA) is 69.1 Å². The van der Waals surface area contributed by atoms with Gasteiger partial charge in [-0.15, -0.1) is 0 Å². The van der Waals surface area contributed by atoms with Crippen molar-refractivity contribution in [2.45, 2.75) is 32.7 Å². The van der Waals surface area contributed by atoms with E-state index in [1.807, 2.05) is 0 Å². The molecule has 0 aliphatic carbocycles. The average Bonchev–Trinajstić information content (AvgIpc) is 2.08. The fourth-order valence-electron chi connectivity index (χ4n) is 1.69. The first-order chi connectivity index (χ1) is 6.99. The molecule has 1 amide bonds. The van der Waals surface area contributed by atoms with E-state index >= 15 is 0 Å². The Morgan fingerprint density at radius 2 is 2.07 bits per heavy atom. The van der Waals surface area contributed by atoms with Gasteiger partial charge in [0, 0.05) is 12.5 Å². The van der Waals surface area contributed by atoms with Gasteiger partial charge in [0.1, 0.15) is 0 Å². The molecule has 1 aromatic rings. The summed E-state index contributed by atoms with van der Waals surface area (Å²) in [4.78, 5) is 10.7. The van der Waals surface area contributed by atoms with E-state index in [4.69, 9.17) is 11.5 Å². The zero-order valence-corrected chi connectivity index (χ0v) is 9.29. The van der Waals surface area contributed by atoms with Gasteiger partial charge >= 0.3 is 0 Å². The number of primary amides is 1. The Kier molecular flexibility index (Phi) is 3.86. The van der Waals surface area contributed by atoms with Crippen LogP contribution in [-0.2, 0) is 11.2 Å². The summed E-state index contributed by atoms with van der Waals surface area (Å²) < 4.78 is 0. The molecule has 0 unspecified atom stereocenters. The van der Waals surface area contributed by atoms with Crippen LogP contribution in [0, 0.1) is 13.8 Å². The number of nitrogens with two attached hydrogens (primary N) is 2. The molecule has 15 heavy (non-hydrogen) atoms. The van der Waals surface area contributed by atoms with Gasteiger partial charge in [-0.2, -0.15) is 0 Å². The Bertz CT molecular complexity index is 361. The largest absolute Gasteiger partial charge is 0.370 e. The summed E-state index contributed by atoms with van der Waals surface area (Å²) in [7, 11) is 0. The lowest BCUT2D eigenvalue weighted by atomic mass is 9.98. The van der Waals surface area contributed by atoms with Gasteiger partial charge in [-0.25, -0.2) is 0 Å². The van der Waals surface area contributed by atoms with Crippen molar-refractivity contribution in [2.75, 3.05) is 0 Å². The van der Waals surface area contributed by atoms with Gasteiger partial charge in [0.2, 0.25) is 5.91 Å². The standard InChI is InChI=1S/C12H18N2O/c1-8-3-4-10(9(2)5-8)6-11(13)7-12(14)15/h3-5,11H,6-7,13H2,1-2H3,(H2,14,15)/t11-/m0/s1. The molecule has 3 heteroatoms. The highest BCUT2D eigenvalue weighted by Gasteiger charge is 2.08. The summed E-state index contributed by atoms with van der Waals surface area (Å²) in [6, 6.07) is 6.06. The van der Waals surface area contributed by atoms with E-state index in [0.717, 1.165) is 0 Å². The van der Waals surface area contributed by atoms with Crippen molar-refractivity contribution >= 4 is 5.91 Å². The van der Waals surface area contributed by atoms with Crippen LogP contribution in [0.3, 0.4) is 0 Å². The van der Waals surface area contributed by atoms with E-state index in [-0.39, 0.29) is 18.4 Å². The third-order valence-electron chi connectivity index (χ3n) is 2.44. The lowest BCUT2D eigenvalue weighted by Gasteiger charge is -2.12. The van der Waals surface area contributed by atoms with Crippen molar-refractivity contribution < 1.29 is 4.79 Å². The molecular formula is C12H18N2O. The highest BCUT2D eigenvalue weighted by molar-refractivity contribution is 5.74. The third kappa shape index (κ3) is 3.72. The van der Waals surface area contributed by atoms with Crippen LogP contribution < -0.4 is 11.5 Å². The zero-order valence-electron chi connectivity index (χ0n) is 9.29. The highest BCUT2D eigenvalue weighted by atomic mass is 16.1. The number of amides is 1. The van der Waals surface area contributed by atoms with Crippen molar-refractivity contribution in [3.8, 4) is 0 Å². The van der Waals surface area contributed by atoms with E-state index in [0.29, 0.717) is 6.42 Å². The number of benzene rings is 1. The Morgan fingerprint density at radius 3 is 2.60 bits per heavy atom. The molecule has 1 rings (SSSR count). The van der Waals surface area contributed by atoms with Crippen LogP contribution in [-0.4, -0.2) is 11.9 Å². The van der Waals surface area contributed by atoms with Gasteiger partial charge in [-0.3, -0.25) is 4.79 Å². The third-order valence-corrected chi connectivity index (χ3v) is 2.44. The smallest absolute Gasteiger partial charge is 0.218 e. The summed E-state index contributed by atoms with van der Waals surface area (Å²) in [6.07, 6.45) is 0.947. The summed E-state index contributed by atoms with van der Waals surface area (Å²) in [6.45, 7) is 4.11. The Labute approximate surface area is 90.5 Å². The molecule has 3 nitrogen and oxygen atoms in total. The average molecular weight is 206 g/mol. The molecule has 0 fully saturated rings. The number of aryl methyl sites for hydroxylation is 2. The van der Waals surface area contributed by atoms with Crippen molar-refractivity contribution in [1.82, 2.24) is 0 Å². The molecule has 0 aromatic heterocycles. The second-order valence-electron chi connectivity index (χ2n) is 4.06. The fraction of sp³-hybridized carbons (Fsp3) is 0.417. The second kappa shape index (κ2) is 4.94. The first-order valence-electron chi connectivity index (χ1n) is 5.09. The normalized spacial score (nSPS) is 12.5. The zero-order chi connectivity index (χ0) is 11.4. The lowest BCUT2D eigenvalue weighted by molar-refractivity contribution is -0.118. The van der Waals surface area contributed by atoms with Crippen LogP contribution in [0.1, 0.15) is 23.1 Å². The van der Waals surface area contributed by atoms with Crippen molar-refractivity contribution in [3.05, 3.63) is 34.9 Å². The van der Waals surface area contributed by atoms with Gasteiger partial charge in [-0.05, 0) is 31.4 Å². The number of carbonyl (C=O) groups is 1. The summed E-state index contributed by atoms with van der Waals surface area (Å²) in [5, 5.41) is 0. The summed E-state index contributed by atoms with van der Waals surface area (Å²) in [5.74, 6) is -0.340. The van der Waals surface area contributed by atoms with Crippen LogP contribution in [0.25, 0.3) is 0 Å². The molecular weight excluding hydrogens is 188 g/mol. The van der Waals surface area contributed by atoms with Crippen molar-refractivity contribution in [2.24, 2.45) is 11.5 Å². The fourth-order valence-corrected chi connectivity index (χ4v) is 1.69. The molecule has 0 saturated heterocycles. The van der Waals surface area contributed by atoms with Crippen LogP contribution in [0.4, 0.5) is 0 Å². The molecule has 0 spiro atoms. The molecule has 0 heterocycles. The van der Waals surface area contributed by atoms with Crippen LogP contribution in [0.2, 0.25) is 0 Å². The Balaban J connectivity index is 2.68. The maximum Gasteiger partial charge on any atom is 0.218 e. The molecule has 1 atom stereocenters. The van der Waals surface area contributed by atoms with E-state index < -0.39 is 0 Å². The SMILES string of the molecule is Cc1ccc(C[C@H](N)CC(N)=O)c(C)c1. The van der Waals surface area contributed by atoms with Crippen LogP contribution >= 0.6 is 0 Å². The van der Waals surface area contributed by atoms with Gasteiger partial charge in [0.25, 0.3) is 0 Å². The minimum absolute atomic E-state index is 0.177. The molecule has 82 valence electrons. The number of hydrogen-bond acceptors (Lipinski definition) is 2. The molecule has 0 saturated carbocycles. The number of carbonyl (C=O) groups excluding carboxylic acids is 1. The summed E-state index contributed by atoms with van der Waals surface area (Å²) in [5.41, 5.74) is 14.5. The van der Waals surface area contributed by atoms with Crippen molar-refractivity contribution in [3.63, 3.8) is 0 Å². The monoisotopic (exact) mass is 206 g/mol. The molecule has 0 radical (unpaired) electrons. The summed E-state index contributed by atoms with van der Waals surface area (Å²) >= 11 is 0. The number of hydrogen-bond donors (Lipinski definition) is 2. The van der Waals surface area contributed by atoms with Crippen LogP contribution in [0.15, 0.2) is 18.2 Å². The minimum Gasteiger partial charge on any atom is -0.370 e. The Hall–Kier alpha value is -1.35. The maximum absolute atomic E-state index is 10.7. The number of rotatable bonds is 4. The maximum atomic E-state index is 10.7. The highest BCUT2D eigenvalue weighted by Crippen LogP contribution is 2.12. The first-order valence-corrected chi connectivity index (χ1v) is 5.09. The minimum atomic E-state index is -0.340. The predicted octanol–water partition coefficient (Wildman–Crippen LogP) is 1.05. The van der Waals surface area contributed by atoms with E-state index in [9.17, 15) is 4.79 Å². The van der Waals surface area contributed by atoms with E-state index in [1.54, 1.807) is 0 Å². The molecule has 1 aromatic carbocycles. The first kappa shape index (κ1) is 11.7. The van der Waals surface area contributed by atoms with Gasteiger partial charge < -0.3 is 11.5 Å². The molecule has 0 bridgehead atoms. The predicted molar refractivity (Wildman–Crippen MR) is 61.4 cm³/mol. The van der Waals surface area contributed by atoms with Crippen molar-refractivity contribution in [1.29, 1.82) is 0 Å². The quantitative estimate of drug-likeness (QED) is 0.773. The molecule has 0 aliphatic heterocycles. The lowest BCUT2D eigenvalue weighted by Crippen LogP contribution is -2.29. The van der Waals surface area contributed by atoms with Gasteiger partial charge in [-0.1, -0.05) is 23.8 Å².